The second-order valence-corrected chi connectivity index (χ2v) is 7.36. The van der Waals surface area contributed by atoms with Crippen molar-refractivity contribution in [3.8, 4) is 0 Å². The van der Waals surface area contributed by atoms with Crippen LogP contribution in [0.15, 0.2) is 18.2 Å². The fourth-order valence-corrected chi connectivity index (χ4v) is 2.43. The summed E-state index contributed by atoms with van der Waals surface area (Å²) in [4.78, 5) is 0. The maximum Gasteiger partial charge on any atom is 0.0337 e. The van der Waals surface area contributed by atoms with Crippen LogP contribution in [-0.4, -0.2) is 12.6 Å². The van der Waals surface area contributed by atoms with Crippen LogP contribution in [0.4, 0.5) is 0 Å². The van der Waals surface area contributed by atoms with Crippen molar-refractivity contribution in [2.45, 2.75) is 65.0 Å². The molecule has 0 aliphatic heterocycles. The van der Waals surface area contributed by atoms with Gasteiger partial charge >= 0.3 is 0 Å². The summed E-state index contributed by atoms with van der Waals surface area (Å²) in [6.45, 7) is 13.1. The summed E-state index contributed by atoms with van der Waals surface area (Å²) < 4.78 is 0. The molecule has 2 heteroatoms. The van der Waals surface area contributed by atoms with Crippen LogP contribution in [0.3, 0.4) is 0 Å². The zero-order valence-electron chi connectivity index (χ0n) is 13.6. The molecule has 0 aliphatic rings. The van der Waals surface area contributed by atoms with Crippen LogP contribution < -0.4 is 11.1 Å². The molecule has 1 aromatic rings. The molecule has 0 amide bonds. The number of rotatable bonds is 4. The van der Waals surface area contributed by atoms with Crippen molar-refractivity contribution in [3.05, 3.63) is 34.9 Å². The van der Waals surface area contributed by atoms with E-state index in [-0.39, 0.29) is 11.0 Å². The molecule has 0 aliphatic carbocycles. The van der Waals surface area contributed by atoms with E-state index >= 15 is 0 Å². The highest BCUT2D eigenvalue weighted by atomic mass is 14.9. The van der Waals surface area contributed by atoms with Gasteiger partial charge in [-0.1, -0.05) is 39.0 Å². The number of hydrogen-bond acceptors (Lipinski definition) is 2. The van der Waals surface area contributed by atoms with E-state index in [1.807, 2.05) is 7.05 Å². The first-order chi connectivity index (χ1) is 8.54. The van der Waals surface area contributed by atoms with Gasteiger partial charge in [0.25, 0.3) is 0 Å². The van der Waals surface area contributed by atoms with Gasteiger partial charge in [0.05, 0.1) is 0 Å². The monoisotopic (exact) mass is 262 g/mol. The summed E-state index contributed by atoms with van der Waals surface area (Å²) in [5, 5.41) is 3.39. The summed E-state index contributed by atoms with van der Waals surface area (Å²) >= 11 is 0. The van der Waals surface area contributed by atoms with E-state index in [9.17, 15) is 0 Å². The summed E-state index contributed by atoms with van der Waals surface area (Å²) in [7, 11) is 2.01. The molecule has 0 saturated heterocycles. The smallest absolute Gasteiger partial charge is 0.0337 e. The molecular weight excluding hydrogens is 232 g/mol. The zero-order chi connectivity index (χ0) is 14.8. The second-order valence-electron chi connectivity index (χ2n) is 7.36. The van der Waals surface area contributed by atoms with Gasteiger partial charge in [0.1, 0.15) is 0 Å². The molecule has 2 nitrogen and oxygen atoms in total. The molecule has 0 aromatic heterocycles. The number of hydrogen-bond donors (Lipinski definition) is 2. The lowest BCUT2D eigenvalue weighted by atomic mass is 9.83. The summed E-state index contributed by atoms with van der Waals surface area (Å²) in [6, 6.07) is 7.12. The molecule has 0 spiro atoms. The van der Waals surface area contributed by atoms with Gasteiger partial charge in [-0.25, -0.2) is 0 Å². The highest BCUT2D eigenvalue weighted by molar-refractivity contribution is 5.36. The van der Waals surface area contributed by atoms with Gasteiger partial charge in [-0.05, 0) is 56.3 Å². The Labute approximate surface area is 118 Å². The zero-order valence-corrected chi connectivity index (χ0v) is 13.6. The van der Waals surface area contributed by atoms with Crippen molar-refractivity contribution >= 4 is 0 Å². The third kappa shape index (κ3) is 4.63. The van der Waals surface area contributed by atoms with Crippen molar-refractivity contribution < 1.29 is 0 Å². The second kappa shape index (κ2) is 5.64. The van der Waals surface area contributed by atoms with Crippen molar-refractivity contribution in [3.63, 3.8) is 0 Å². The van der Waals surface area contributed by atoms with E-state index in [1.54, 1.807) is 0 Å². The first-order valence-corrected chi connectivity index (χ1v) is 7.12. The van der Waals surface area contributed by atoms with Gasteiger partial charge in [0.2, 0.25) is 0 Å². The number of benzene rings is 1. The summed E-state index contributed by atoms with van der Waals surface area (Å²) in [5.41, 5.74) is 10.3. The van der Waals surface area contributed by atoms with Crippen molar-refractivity contribution in [1.82, 2.24) is 5.32 Å². The minimum Gasteiger partial charge on any atom is -0.325 e. The molecular formula is C17H30N2. The molecule has 1 aromatic carbocycles. The summed E-state index contributed by atoms with van der Waals surface area (Å²) in [6.07, 6.45) is 0.930. The molecule has 0 fully saturated rings. The van der Waals surface area contributed by atoms with E-state index in [2.05, 4.69) is 65.1 Å². The molecule has 108 valence electrons. The van der Waals surface area contributed by atoms with Gasteiger partial charge in [0, 0.05) is 11.6 Å². The van der Waals surface area contributed by atoms with E-state index in [4.69, 9.17) is 5.73 Å². The lowest BCUT2D eigenvalue weighted by Gasteiger charge is -2.28. The fraction of sp³-hybridized carbons (Fsp3) is 0.647. The van der Waals surface area contributed by atoms with Crippen LogP contribution in [0.5, 0.6) is 0 Å². The summed E-state index contributed by atoms with van der Waals surface area (Å²) in [5.74, 6) is 0. The average molecular weight is 262 g/mol. The number of aryl methyl sites for hydroxylation is 1. The third-order valence-corrected chi connectivity index (χ3v) is 3.59. The molecule has 19 heavy (non-hydrogen) atoms. The van der Waals surface area contributed by atoms with Crippen molar-refractivity contribution in [2.24, 2.45) is 5.73 Å². The van der Waals surface area contributed by atoms with Crippen molar-refractivity contribution in [1.29, 1.82) is 0 Å². The molecule has 0 saturated carbocycles. The maximum atomic E-state index is 6.16. The van der Waals surface area contributed by atoms with Gasteiger partial charge in [-0.15, -0.1) is 0 Å². The number of nitrogens with one attached hydrogen (secondary N) is 1. The Morgan fingerprint density at radius 1 is 1.16 bits per heavy atom. The van der Waals surface area contributed by atoms with E-state index in [0.29, 0.717) is 6.04 Å². The van der Waals surface area contributed by atoms with E-state index < -0.39 is 0 Å². The topological polar surface area (TPSA) is 38.0 Å². The Bertz CT molecular complexity index is 422. The molecule has 0 heterocycles. The molecule has 1 rings (SSSR count). The molecule has 1 atom stereocenters. The first kappa shape index (κ1) is 16.2. The fourth-order valence-electron chi connectivity index (χ4n) is 2.43. The Balaban J connectivity index is 3.07. The van der Waals surface area contributed by atoms with Crippen LogP contribution in [0.25, 0.3) is 0 Å². The predicted molar refractivity (Wildman–Crippen MR) is 84.6 cm³/mol. The Morgan fingerprint density at radius 2 is 1.74 bits per heavy atom. The number of nitrogens with two attached hydrogens (primary N) is 1. The first-order valence-electron chi connectivity index (χ1n) is 7.12. The standard InChI is InChI=1S/C17H30N2/c1-12-10-13(16(2,3)4)8-9-14(12)15(19-7)11-17(5,6)18/h8-10,15,19H,11,18H2,1-7H3. The molecule has 0 radical (unpaired) electrons. The molecule has 0 bridgehead atoms. The maximum absolute atomic E-state index is 6.16. The quantitative estimate of drug-likeness (QED) is 0.868. The average Bonchev–Trinajstić information content (AvgIpc) is 2.23. The lowest BCUT2D eigenvalue weighted by molar-refractivity contribution is 0.395. The van der Waals surface area contributed by atoms with Crippen LogP contribution >= 0.6 is 0 Å². The Hall–Kier alpha value is -0.860. The van der Waals surface area contributed by atoms with Gasteiger partial charge in [-0.3, -0.25) is 0 Å². The van der Waals surface area contributed by atoms with Crippen molar-refractivity contribution in [2.75, 3.05) is 7.05 Å². The Kier molecular flexibility index (Phi) is 4.81. The minimum atomic E-state index is -0.164. The van der Waals surface area contributed by atoms with Gasteiger partial charge in [0.15, 0.2) is 0 Å². The van der Waals surface area contributed by atoms with Crippen LogP contribution in [0.2, 0.25) is 0 Å². The van der Waals surface area contributed by atoms with Crippen LogP contribution in [0.1, 0.15) is 63.8 Å². The largest absolute Gasteiger partial charge is 0.325 e. The molecule has 3 N–H and O–H groups in total. The van der Waals surface area contributed by atoms with E-state index in [0.717, 1.165) is 6.42 Å². The third-order valence-electron chi connectivity index (χ3n) is 3.59. The Morgan fingerprint density at radius 3 is 2.11 bits per heavy atom. The van der Waals surface area contributed by atoms with Gasteiger partial charge < -0.3 is 11.1 Å². The lowest BCUT2D eigenvalue weighted by Crippen LogP contribution is -2.37. The van der Waals surface area contributed by atoms with Gasteiger partial charge in [-0.2, -0.15) is 0 Å². The highest BCUT2D eigenvalue weighted by Crippen LogP contribution is 2.29. The van der Waals surface area contributed by atoms with Crippen LogP contribution in [-0.2, 0) is 5.41 Å². The van der Waals surface area contributed by atoms with E-state index in [1.165, 1.54) is 16.7 Å². The minimum absolute atomic E-state index is 0.164. The van der Waals surface area contributed by atoms with Crippen LogP contribution in [0, 0.1) is 6.92 Å². The normalized spacial score (nSPS) is 14.5. The SMILES string of the molecule is CNC(CC(C)(C)N)c1ccc(C(C)(C)C)cc1C. The predicted octanol–water partition coefficient (Wildman–Crippen LogP) is 3.68. The molecule has 1 unspecified atom stereocenters. The highest BCUT2D eigenvalue weighted by Gasteiger charge is 2.22.